The van der Waals surface area contributed by atoms with Gasteiger partial charge in [0.25, 0.3) is 0 Å². The molecule has 3 nitrogen and oxygen atoms in total. The molecule has 0 spiro atoms. The van der Waals surface area contributed by atoms with Gasteiger partial charge in [-0.25, -0.2) is 0 Å². The van der Waals surface area contributed by atoms with Gasteiger partial charge >= 0.3 is 5.97 Å². The van der Waals surface area contributed by atoms with Crippen LogP contribution >= 0.6 is 11.6 Å². The van der Waals surface area contributed by atoms with Crippen molar-refractivity contribution in [1.29, 1.82) is 0 Å². The molecule has 4 heteroatoms. The maximum atomic E-state index is 10.2. The molecular formula is C10H9ClO3. The van der Waals surface area contributed by atoms with E-state index in [0.29, 0.717) is 10.6 Å². The summed E-state index contributed by atoms with van der Waals surface area (Å²) in [6.07, 6.45) is 2.90. The minimum atomic E-state index is -0.914. The van der Waals surface area contributed by atoms with Crippen LogP contribution in [0, 0.1) is 0 Å². The third-order valence-electron chi connectivity index (χ3n) is 1.58. The highest BCUT2D eigenvalue weighted by Crippen LogP contribution is 2.22. The second-order valence-corrected chi connectivity index (χ2v) is 3.14. The van der Waals surface area contributed by atoms with Gasteiger partial charge < -0.3 is 10.2 Å². The monoisotopic (exact) mass is 212 g/mol. The smallest absolute Gasteiger partial charge is 0.307 e. The van der Waals surface area contributed by atoms with Crippen molar-refractivity contribution in [3.05, 3.63) is 34.9 Å². The molecule has 0 aliphatic rings. The van der Waals surface area contributed by atoms with Gasteiger partial charge in [-0.1, -0.05) is 23.8 Å². The first-order chi connectivity index (χ1) is 6.59. The highest BCUT2D eigenvalue weighted by atomic mass is 35.5. The maximum Gasteiger partial charge on any atom is 0.307 e. The first-order valence-electron chi connectivity index (χ1n) is 3.96. The molecule has 1 aromatic carbocycles. The van der Waals surface area contributed by atoms with Crippen LogP contribution in [0.5, 0.6) is 5.75 Å². The summed E-state index contributed by atoms with van der Waals surface area (Å²) in [4.78, 5) is 10.2. The molecule has 0 aliphatic carbocycles. The highest BCUT2D eigenvalue weighted by Gasteiger charge is 1.98. The predicted octanol–water partition coefficient (Wildman–Crippen LogP) is 2.53. The van der Waals surface area contributed by atoms with Gasteiger partial charge in [0, 0.05) is 10.6 Å². The summed E-state index contributed by atoms with van der Waals surface area (Å²) < 4.78 is 0. The lowest BCUT2D eigenvalue weighted by Crippen LogP contribution is -1.89. The fraction of sp³-hybridized carbons (Fsp3) is 0.100. The van der Waals surface area contributed by atoms with Crippen LogP contribution in [0.2, 0.25) is 5.02 Å². The number of hydrogen-bond acceptors (Lipinski definition) is 2. The number of aromatic hydroxyl groups is 1. The summed E-state index contributed by atoms with van der Waals surface area (Å²) in [6, 6.07) is 4.59. The summed E-state index contributed by atoms with van der Waals surface area (Å²) in [5.74, 6) is -0.834. The topological polar surface area (TPSA) is 57.5 Å². The summed E-state index contributed by atoms with van der Waals surface area (Å²) in [7, 11) is 0. The van der Waals surface area contributed by atoms with E-state index in [-0.39, 0.29) is 12.2 Å². The number of benzene rings is 1. The van der Waals surface area contributed by atoms with Gasteiger partial charge in [0.05, 0.1) is 6.42 Å². The Bertz CT molecular complexity index is 372. The Morgan fingerprint density at radius 1 is 1.50 bits per heavy atom. The van der Waals surface area contributed by atoms with E-state index in [2.05, 4.69) is 0 Å². The van der Waals surface area contributed by atoms with Gasteiger partial charge in [0.15, 0.2) is 0 Å². The molecule has 2 N–H and O–H groups in total. The number of hydrogen-bond donors (Lipinski definition) is 2. The molecule has 0 unspecified atom stereocenters. The Kier molecular flexibility index (Phi) is 3.54. The molecule has 0 saturated heterocycles. The zero-order valence-corrected chi connectivity index (χ0v) is 8.03. The average molecular weight is 213 g/mol. The van der Waals surface area contributed by atoms with Crippen molar-refractivity contribution in [2.75, 3.05) is 0 Å². The molecule has 74 valence electrons. The van der Waals surface area contributed by atoms with E-state index in [1.807, 2.05) is 0 Å². The summed E-state index contributed by atoms with van der Waals surface area (Å²) in [5, 5.41) is 18.2. The quantitative estimate of drug-likeness (QED) is 0.810. The molecule has 0 aromatic heterocycles. The van der Waals surface area contributed by atoms with Crippen LogP contribution < -0.4 is 0 Å². The number of carboxylic acid groups (broad SMARTS) is 1. The van der Waals surface area contributed by atoms with E-state index in [0.717, 1.165) is 0 Å². The van der Waals surface area contributed by atoms with E-state index in [1.165, 1.54) is 18.2 Å². The Labute approximate surface area is 86.3 Å². The third-order valence-corrected chi connectivity index (χ3v) is 1.81. The van der Waals surface area contributed by atoms with Crippen LogP contribution in [0.15, 0.2) is 24.3 Å². The van der Waals surface area contributed by atoms with Crippen LogP contribution in [0.3, 0.4) is 0 Å². The normalized spacial score (nSPS) is 10.6. The zero-order valence-electron chi connectivity index (χ0n) is 7.27. The lowest BCUT2D eigenvalue weighted by Gasteiger charge is -1.98. The lowest BCUT2D eigenvalue weighted by molar-refractivity contribution is -0.135. The van der Waals surface area contributed by atoms with Crippen LogP contribution in [0.25, 0.3) is 6.08 Å². The molecule has 0 atom stereocenters. The van der Waals surface area contributed by atoms with Gasteiger partial charge in [-0.05, 0) is 18.2 Å². The van der Waals surface area contributed by atoms with Gasteiger partial charge in [-0.2, -0.15) is 0 Å². The van der Waals surface area contributed by atoms with E-state index < -0.39 is 5.97 Å². The number of phenolic OH excluding ortho intramolecular Hbond substituents is 1. The zero-order chi connectivity index (χ0) is 10.6. The van der Waals surface area contributed by atoms with Crippen molar-refractivity contribution in [3.8, 4) is 5.75 Å². The number of rotatable bonds is 3. The minimum Gasteiger partial charge on any atom is -0.507 e. The standard InChI is InChI=1S/C10H9ClO3/c11-8-4-5-9(12)7(6-8)2-1-3-10(13)14/h1-2,4-6,12H,3H2,(H,13,14). The molecule has 0 saturated carbocycles. The number of carboxylic acids is 1. The van der Waals surface area contributed by atoms with Crippen molar-refractivity contribution in [3.63, 3.8) is 0 Å². The summed E-state index contributed by atoms with van der Waals surface area (Å²) in [6.45, 7) is 0. The largest absolute Gasteiger partial charge is 0.507 e. The van der Waals surface area contributed by atoms with Crippen molar-refractivity contribution in [2.24, 2.45) is 0 Å². The van der Waals surface area contributed by atoms with E-state index in [4.69, 9.17) is 16.7 Å². The first-order valence-corrected chi connectivity index (χ1v) is 4.34. The molecule has 1 aromatic rings. The second-order valence-electron chi connectivity index (χ2n) is 2.70. The number of halogens is 1. The van der Waals surface area contributed by atoms with E-state index >= 15 is 0 Å². The number of aliphatic carboxylic acids is 1. The number of carbonyl (C=O) groups is 1. The van der Waals surface area contributed by atoms with Gasteiger partial charge in [-0.3, -0.25) is 4.79 Å². The SMILES string of the molecule is O=C(O)CC=Cc1cc(Cl)ccc1O. The molecular weight excluding hydrogens is 204 g/mol. The average Bonchev–Trinajstić information content (AvgIpc) is 2.10. The predicted molar refractivity (Wildman–Crippen MR) is 54.4 cm³/mol. The molecule has 1 rings (SSSR count). The Morgan fingerprint density at radius 2 is 2.21 bits per heavy atom. The maximum absolute atomic E-state index is 10.2. The van der Waals surface area contributed by atoms with Crippen molar-refractivity contribution < 1.29 is 15.0 Å². The third kappa shape index (κ3) is 3.11. The van der Waals surface area contributed by atoms with Gasteiger partial charge in [0.1, 0.15) is 5.75 Å². The van der Waals surface area contributed by atoms with Crippen LogP contribution in [-0.4, -0.2) is 16.2 Å². The Balaban J connectivity index is 2.80. The van der Waals surface area contributed by atoms with Gasteiger partial charge in [-0.15, -0.1) is 0 Å². The minimum absolute atomic E-state index is 0.0774. The summed E-state index contributed by atoms with van der Waals surface area (Å²) in [5.41, 5.74) is 0.513. The molecule has 0 amide bonds. The fourth-order valence-corrected chi connectivity index (χ4v) is 1.13. The Morgan fingerprint density at radius 3 is 2.86 bits per heavy atom. The lowest BCUT2D eigenvalue weighted by atomic mass is 10.2. The van der Waals surface area contributed by atoms with E-state index in [9.17, 15) is 9.90 Å². The fourth-order valence-electron chi connectivity index (χ4n) is 0.946. The summed E-state index contributed by atoms with van der Waals surface area (Å²) >= 11 is 5.70. The van der Waals surface area contributed by atoms with Crippen molar-refractivity contribution in [1.82, 2.24) is 0 Å². The van der Waals surface area contributed by atoms with Crippen LogP contribution in [0.1, 0.15) is 12.0 Å². The molecule has 0 bridgehead atoms. The van der Waals surface area contributed by atoms with Crippen LogP contribution in [-0.2, 0) is 4.79 Å². The Hall–Kier alpha value is -1.48. The second kappa shape index (κ2) is 4.67. The van der Waals surface area contributed by atoms with Crippen molar-refractivity contribution >= 4 is 23.6 Å². The van der Waals surface area contributed by atoms with Crippen molar-refractivity contribution in [2.45, 2.75) is 6.42 Å². The molecule has 0 heterocycles. The molecule has 14 heavy (non-hydrogen) atoms. The van der Waals surface area contributed by atoms with E-state index in [1.54, 1.807) is 12.1 Å². The molecule has 0 fully saturated rings. The van der Waals surface area contributed by atoms with Gasteiger partial charge in [0.2, 0.25) is 0 Å². The first kappa shape index (κ1) is 10.6. The molecule has 0 radical (unpaired) electrons. The highest BCUT2D eigenvalue weighted by molar-refractivity contribution is 6.30. The molecule has 0 aliphatic heterocycles. The van der Waals surface area contributed by atoms with Crippen LogP contribution in [0.4, 0.5) is 0 Å². The number of phenols is 1.